The maximum absolute atomic E-state index is 5.78. The normalized spacial score (nSPS) is 23.1. The van der Waals surface area contributed by atoms with Crippen LogP contribution in [-0.2, 0) is 17.7 Å². The molecule has 1 aromatic carbocycles. The number of hydrogen-bond donors (Lipinski definition) is 1. The Labute approximate surface area is 128 Å². The van der Waals surface area contributed by atoms with Gasteiger partial charge in [0, 0.05) is 45.5 Å². The quantitative estimate of drug-likeness (QED) is 0.909. The lowest BCUT2D eigenvalue weighted by molar-refractivity contribution is -0.0182. The summed E-state index contributed by atoms with van der Waals surface area (Å²) >= 11 is 0. The second kappa shape index (κ2) is 6.77. The molecule has 116 valence electrons. The van der Waals surface area contributed by atoms with E-state index in [2.05, 4.69) is 47.4 Å². The third kappa shape index (κ3) is 3.76. The molecule has 1 aromatic rings. The fourth-order valence-corrected chi connectivity index (χ4v) is 3.32. The highest BCUT2D eigenvalue weighted by atomic mass is 16.5. The molecule has 0 amide bonds. The highest BCUT2D eigenvalue weighted by Crippen LogP contribution is 2.26. The Hall–Kier alpha value is -1.10. The minimum atomic E-state index is 0.326. The van der Waals surface area contributed by atoms with Gasteiger partial charge in [-0.3, -0.25) is 0 Å². The molecule has 2 aliphatic heterocycles. The maximum Gasteiger partial charge on any atom is 0.0826 e. The molecule has 0 aliphatic carbocycles. The number of fused-ring (bicyclic) bond motifs is 1. The van der Waals surface area contributed by atoms with Gasteiger partial charge in [-0.25, -0.2) is 0 Å². The number of morpholine rings is 1. The predicted octanol–water partition coefficient (Wildman–Crippen LogP) is 1.49. The Balaban J connectivity index is 1.51. The van der Waals surface area contributed by atoms with E-state index in [4.69, 9.17) is 4.74 Å². The van der Waals surface area contributed by atoms with E-state index in [-0.39, 0.29) is 0 Å². The van der Waals surface area contributed by atoms with Gasteiger partial charge in [0.25, 0.3) is 0 Å². The minimum absolute atomic E-state index is 0.326. The van der Waals surface area contributed by atoms with E-state index in [1.54, 1.807) is 0 Å². The summed E-state index contributed by atoms with van der Waals surface area (Å²) in [5, 5.41) is 3.54. The first kappa shape index (κ1) is 14.8. The zero-order chi connectivity index (χ0) is 14.7. The Morgan fingerprint density at radius 1 is 1.29 bits per heavy atom. The maximum atomic E-state index is 5.78. The number of aryl methyl sites for hydroxylation is 1. The number of nitrogens with zero attached hydrogens (tertiary/aromatic N) is 2. The lowest BCUT2D eigenvalue weighted by Crippen LogP contribution is -2.44. The fourth-order valence-electron chi connectivity index (χ4n) is 3.32. The number of ether oxygens (including phenoxy) is 1. The minimum Gasteiger partial charge on any atom is -0.374 e. The monoisotopic (exact) mass is 289 g/mol. The lowest BCUT2D eigenvalue weighted by Gasteiger charge is -2.30. The molecule has 0 spiro atoms. The summed E-state index contributed by atoms with van der Waals surface area (Å²) in [6.45, 7) is 5.98. The van der Waals surface area contributed by atoms with Gasteiger partial charge in [0.15, 0.2) is 0 Å². The zero-order valence-electron chi connectivity index (χ0n) is 13.3. The molecule has 4 heteroatoms. The number of anilines is 1. The number of nitrogens with one attached hydrogen (secondary N) is 1. The summed E-state index contributed by atoms with van der Waals surface area (Å²) in [6, 6.07) is 6.89. The fraction of sp³-hybridized carbons (Fsp3) is 0.647. The van der Waals surface area contributed by atoms with Crippen LogP contribution >= 0.6 is 0 Å². The third-order valence-corrected chi connectivity index (χ3v) is 4.54. The average molecular weight is 289 g/mol. The molecule has 0 radical (unpaired) electrons. The molecule has 1 saturated heterocycles. The van der Waals surface area contributed by atoms with Crippen LogP contribution in [0.25, 0.3) is 0 Å². The molecule has 1 fully saturated rings. The molecule has 0 aromatic heterocycles. The summed E-state index contributed by atoms with van der Waals surface area (Å²) in [7, 11) is 4.35. The van der Waals surface area contributed by atoms with Gasteiger partial charge < -0.3 is 19.9 Å². The molecule has 1 N–H and O–H groups in total. The summed E-state index contributed by atoms with van der Waals surface area (Å²) < 4.78 is 5.78. The Bertz CT molecular complexity index is 477. The van der Waals surface area contributed by atoms with Crippen LogP contribution in [0.4, 0.5) is 5.69 Å². The Morgan fingerprint density at radius 3 is 3.05 bits per heavy atom. The van der Waals surface area contributed by atoms with Gasteiger partial charge in [-0.05, 0) is 37.1 Å². The van der Waals surface area contributed by atoms with E-state index in [0.29, 0.717) is 6.10 Å². The summed E-state index contributed by atoms with van der Waals surface area (Å²) in [5.74, 6) is 0. The van der Waals surface area contributed by atoms with Gasteiger partial charge >= 0.3 is 0 Å². The first-order chi connectivity index (χ1) is 10.2. The SMILES string of the molecule is CN1CCOC(CNCc2ccc3c(c2)CCCN3C)C1. The molecule has 21 heavy (non-hydrogen) atoms. The van der Waals surface area contributed by atoms with Gasteiger partial charge in [-0.1, -0.05) is 12.1 Å². The van der Waals surface area contributed by atoms with Gasteiger partial charge in [-0.2, -0.15) is 0 Å². The second-order valence-corrected chi connectivity index (χ2v) is 6.37. The molecule has 1 unspecified atom stereocenters. The first-order valence-corrected chi connectivity index (χ1v) is 8.06. The van der Waals surface area contributed by atoms with Crippen molar-refractivity contribution in [3.8, 4) is 0 Å². The van der Waals surface area contributed by atoms with Crippen molar-refractivity contribution >= 4 is 5.69 Å². The van der Waals surface area contributed by atoms with Crippen LogP contribution in [0.15, 0.2) is 18.2 Å². The van der Waals surface area contributed by atoms with E-state index in [0.717, 1.165) is 32.8 Å². The molecule has 1 atom stereocenters. The third-order valence-electron chi connectivity index (χ3n) is 4.54. The van der Waals surface area contributed by atoms with Gasteiger partial charge in [0.05, 0.1) is 12.7 Å². The van der Waals surface area contributed by atoms with Crippen molar-refractivity contribution in [2.24, 2.45) is 0 Å². The standard InChI is InChI=1S/C17H27N3O/c1-19-8-9-21-16(13-19)12-18-11-14-5-6-17-15(10-14)4-3-7-20(17)2/h5-6,10,16,18H,3-4,7-9,11-13H2,1-2H3. The van der Waals surface area contributed by atoms with Crippen molar-refractivity contribution in [1.82, 2.24) is 10.2 Å². The number of hydrogen-bond acceptors (Lipinski definition) is 4. The van der Waals surface area contributed by atoms with E-state index in [1.165, 1.54) is 36.2 Å². The van der Waals surface area contributed by atoms with Crippen molar-refractivity contribution in [1.29, 1.82) is 0 Å². The molecule has 4 nitrogen and oxygen atoms in total. The van der Waals surface area contributed by atoms with Crippen LogP contribution in [0, 0.1) is 0 Å². The van der Waals surface area contributed by atoms with Crippen LogP contribution < -0.4 is 10.2 Å². The van der Waals surface area contributed by atoms with Crippen LogP contribution in [-0.4, -0.2) is 57.9 Å². The van der Waals surface area contributed by atoms with E-state index >= 15 is 0 Å². The van der Waals surface area contributed by atoms with E-state index in [9.17, 15) is 0 Å². The van der Waals surface area contributed by atoms with Crippen LogP contribution in [0.5, 0.6) is 0 Å². The Kier molecular flexibility index (Phi) is 4.78. The van der Waals surface area contributed by atoms with E-state index < -0.39 is 0 Å². The molecule has 3 rings (SSSR count). The smallest absolute Gasteiger partial charge is 0.0826 e. The Morgan fingerprint density at radius 2 is 2.19 bits per heavy atom. The van der Waals surface area contributed by atoms with Crippen molar-refractivity contribution in [3.63, 3.8) is 0 Å². The average Bonchev–Trinajstić information content (AvgIpc) is 2.47. The van der Waals surface area contributed by atoms with Crippen LogP contribution in [0.2, 0.25) is 0 Å². The van der Waals surface area contributed by atoms with E-state index in [1.807, 2.05) is 0 Å². The topological polar surface area (TPSA) is 27.7 Å². The summed E-state index contributed by atoms with van der Waals surface area (Å²) in [4.78, 5) is 4.70. The highest BCUT2D eigenvalue weighted by Gasteiger charge is 2.17. The lowest BCUT2D eigenvalue weighted by atomic mass is 9.99. The predicted molar refractivity (Wildman–Crippen MR) is 87.0 cm³/mol. The molecule has 2 aliphatic rings. The molecular formula is C17H27N3O. The van der Waals surface area contributed by atoms with Crippen molar-refractivity contribution < 1.29 is 4.74 Å². The first-order valence-electron chi connectivity index (χ1n) is 8.06. The van der Waals surface area contributed by atoms with Crippen molar-refractivity contribution in [2.75, 3.05) is 51.8 Å². The largest absolute Gasteiger partial charge is 0.374 e. The summed E-state index contributed by atoms with van der Waals surface area (Å²) in [6.07, 6.45) is 2.81. The number of rotatable bonds is 4. The van der Waals surface area contributed by atoms with Crippen molar-refractivity contribution in [3.05, 3.63) is 29.3 Å². The van der Waals surface area contributed by atoms with Crippen molar-refractivity contribution in [2.45, 2.75) is 25.5 Å². The number of benzene rings is 1. The van der Waals surface area contributed by atoms with Crippen LogP contribution in [0.1, 0.15) is 17.5 Å². The van der Waals surface area contributed by atoms with Crippen LogP contribution in [0.3, 0.4) is 0 Å². The van der Waals surface area contributed by atoms with Gasteiger partial charge in [0.2, 0.25) is 0 Å². The molecule has 2 heterocycles. The highest BCUT2D eigenvalue weighted by molar-refractivity contribution is 5.56. The summed E-state index contributed by atoms with van der Waals surface area (Å²) in [5.41, 5.74) is 4.28. The van der Waals surface area contributed by atoms with Gasteiger partial charge in [0.1, 0.15) is 0 Å². The molecule has 0 saturated carbocycles. The zero-order valence-corrected chi connectivity index (χ0v) is 13.3. The second-order valence-electron chi connectivity index (χ2n) is 6.37. The van der Waals surface area contributed by atoms with Gasteiger partial charge in [-0.15, -0.1) is 0 Å². The number of likely N-dealkylation sites (N-methyl/N-ethyl adjacent to an activating group) is 1. The molecule has 0 bridgehead atoms. The molecular weight excluding hydrogens is 262 g/mol.